The van der Waals surface area contributed by atoms with E-state index < -0.39 is 22.2 Å². The number of anilines is 1. The first-order valence-corrected chi connectivity index (χ1v) is 10.8. The summed E-state index contributed by atoms with van der Waals surface area (Å²) >= 11 is 1.21. The third-order valence-electron chi connectivity index (χ3n) is 4.11. The van der Waals surface area contributed by atoms with Crippen LogP contribution in [0.4, 0.5) is 18.9 Å². The van der Waals surface area contributed by atoms with E-state index in [0.717, 1.165) is 12.1 Å². The minimum Gasteiger partial charge on any atom is -0.406 e. The van der Waals surface area contributed by atoms with Crippen LogP contribution < -0.4 is 9.64 Å². The Morgan fingerprint density at radius 2 is 1.89 bits per heavy atom. The Hall–Kier alpha value is -1.75. The topological polar surface area (TPSA) is 76.0 Å². The summed E-state index contributed by atoms with van der Waals surface area (Å²) in [5.41, 5.74) is 0.455. The first-order chi connectivity index (χ1) is 12.5. The fourth-order valence-corrected chi connectivity index (χ4v) is 6.82. The van der Waals surface area contributed by atoms with Gasteiger partial charge in [-0.2, -0.15) is 4.99 Å². The van der Waals surface area contributed by atoms with Crippen molar-refractivity contribution in [2.24, 2.45) is 10.9 Å². The molecule has 0 unspecified atom stereocenters. The fourth-order valence-electron chi connectivity index (χ4n) is 2.90. The smallest absolute Gasteiger partial charge is 0.406 e. The van der Waals surface area contributed by atoms with Crippen LogP contribution in [0.2, 0.25) is 0 Å². The minimum atomic E-state index is -4.80. The lowest BCUT2D eigenvalue weighted by Crippen LogP contribution is -2.37. The molecule has 0 spiro atoms. The van der Waals surface area contributed by atoms with Crippen LogP contribution in [0.15, 0.2) is 29.3 Å². The molecule has 3 rings (SSSR count). The molecule has 0 aliphatic carbocycles. The summed E-state index contributed by atoms with van der Waals surface area (Å²) in [7, 11) is -3.22. The second-order valence-corrected chi connectivity index (χ2v) is 9.96. The molecule has 1 aromatic carbocycles. The van der Waals surface area contributed by atoms with Crippen LogP contribution in [0.3, 0.4) is 0 Å². The zero-order valence-corrected chi connectivity index (χ0v) is 16.1. The number of alkyl halides is 3. The third kappa shape index (κ3) is 4.57. The van der Waals surface area contributed by atoms with Crippen molar-refractivity contribution in [2.75, 3.05) is 16.4 Å². The number of sulfone groups is 1. The Kier molecular flexibility index (Phi) is 5.19. The molecule has 1 aromatic rings. The Bertz CT molecular complexity index is 867. The van der Waals surface area contributed by atoms with E-state index in [0.29, 0.717) is 10.9 Å². The highest BCUT2D eigenvalue weighted by Crippen LogP contribution is 2.41. The molecule has 2 fully saturated rings. The minimum absolute atomic E-state index is 0.0248. The van der Waals surface area contributed by atoms with E-state index >= 15 is 0 Å². The number of fused-ring (bicyclic) bond motifs is 1. The summed E-state index contributed by atoms with van der Waals surface area (Å²) in [5.74, 6) is -1.18. The lowest BCUT2D eigenvalue weighted by atomic mass is 10.2. The number of hydrogen-bond donors (Lipinski definition) is 0. The monoisotopic (exact) mass is 422 g/mol. The summed E-state index contributed by atoms with van der Waals surface area (Å²) in [5, 5.41) is 0.0860. The zero-order valence-electron chi connectivity index (χ0n) is 14.4. The van der Waals surface area contributed by atoms with E-state index in [1.165, 1.54) is 23.9 Å². The van der Waals surface area contributed by atoms with Crippen molar-refractivity contribution in [1.29, 1.82) is 0 Å². The third-order valence-corrected chi connectivity index (χ3v) is 7.32. The molecule has 11 heteroatoms. The summed E-state index contributed by atoms with van der Waals surface area (Å²) < 4.78 is 64.8. The molecule has 148 valence electrons. The number of rotatable bonds is 3. The van der Waals surface area contributed by atoms with Crippen molar-refractivity contribution in [2.45, 2.75) is 31.5 Å². The predicted molar refractivity (Wildman–Crippen MR) is 96.7 cm³/mol. The quantitative estimate of drug-likeness (QED) is 0.746. The summed E-state index contributed by atoms with van der Waals surface area (Å²) in [6.45, 7) is 3.40. The van der Waals surface area contributed by atoms with Crippen LogP contribution in [0.1, 0.15) is 13.8 Å². The normalized spacial score (nSPS) is 25.9. The van der Waals surface area contributed by atoms with Gasteiger partial charge in [-0.05, 0) is 24.3 Å². The number of halogens is 3. The number of aliphatic imine (C=N–C) groups is 1. The Morgan fingerprint density at radius 1 is 1.26 bits per heavy atom. The number of nitrogens with zero attached hydrogens (tertiary/aromatic N) is 2. The van der Waals surface area contributed by atoms with Gasteiger partial charge < -0.3 is 9.64 Å². The van der Waals surface area contributed by atoms with Crippen LogP contribution in [0.5, 0.6) is 5.75 Å². The Morgan fingerprint density at radius 3 is 2.44 bits per heavy atom. The molecular formula is C16H17F3N2O4S2. The van der Waals surface area contributed by atoms with Crippen LogP contribution >= 0.6 is 11.8 Å². The molecule has 1 amide bonds. The molecule has 6 nitrogen and oxygen atoms in total. The highest BCUT2D eigenvalue weighted by molar-refractivity contribution is 8.16. The van der Waals surface area contributed by atoms with Crippen molar-refractivity contribution in [3.8, 4) is 5.75 Å². The molecule has 2 aliphatic rings. The average molecular weight is 422 g/mol. The van der Waals surface area contributed by atoms with Crippen molar-refractivity contribution in [3.63, 3.8) is 0 Å². The molecule has 0 radical (unpaired) electrons. The number of ether oxygens (including phenoxy) is 1. The van der Waals surface area contributed by atoms with Gasteiger partial charge in [0.05, 0.1) is 17.5 Å². The number of carbonyl (C=O) groups is 1. The number of benzene rings is 1. The van der Waals surface area contributed by atoms with E-state index in [1.54, 1.807) is 18.7 Å². The molecular weight excluding hydrogens is 405 g/mol. The van der Waals surface area contributed by atoms with Crippen molar-refractivity contribution in [3.05, 3.63) is 24.3 Å². The average Bonchev–Trinajstić information content (AvgIpc) is 2.97. The number of amides is 1. The second kappa shape index (κ2) is 7.01. The van der Waals surface area contributed by atoms with Gasteiger partial charge in [-0.1, -0.05) is 25.6 Å². The van der Waals surface area contributed by atoms with Crippen LogP contribution in [-0.4, -0.2) is 48.7 Å². The largest absolute Gasteiger partial charge is 0.573 e. The first kappa shape index (κ1) is 20.0. The van der Waals surface area contributed by atoms with Gasteiger partial charge in [0, 0.05) is 16.9 Å². The van der Waals surface area contributed by atoms with E-state index in [1.807, 2.05) is 0 Å². The Balaban J connectivity index is 1.93. The maximum absolute atomic E-state index is 12.3. The summed E-state index contributed by atoms with van der Waals surface area (Å²) in [4.78, 5) is 17.8. The maximum Gasteiger partial charge on any atom is 0.573 e. The highest BCUT2D eigenvalue weighted by atomic mass is 32.2. The van der Waals surface area contributed by atoms with Gasteiger partial charge in [0.15, 0.2) is 15.0 Å². The van der Waals surface area contributed by atoms with Gasteiger partial charge >= 0.3 is 6.36 Å². The van der Waals surface area contributed by atoms with Crippen LogP contribution in [-0.2, 0) is 14.6 Å². The number of carbonyl (C=O) groups excluding carboxylic acids is 1. The molecule has 27 heavy (non-hydrogen) atoms. The SMILES string of the molecule is CC(C)C(=O)N=C1S[C@H]2CS(=O)(=O)C[C@H]2N1c1ccc(OC(F)(F)F)cc1. The molecule has 2 aliphatic heterocycles. The maximum atomic E-state index is 12.3. The van der Waals surface area contributed by atoms with Crippen molar-refractivity contribution >= 4 is 38.4 Å². The lowest BCUT2D eigenvalue weighted by molar-refractivity contribution is -0.274. The van der Waals surface area contributed by atoms with E-state index in [2.05, 4.69) is 9.73 Å². The van der Waals surface area contributed by atoms with Crippen LogP contribution in [0, 0.1) is 5.92 Å². The summed E-state index contributed by atoms with van der Waals surface area (Å²) in [6.07, 6.45) is -4.80. The van der Waals surface area contributed by atoms with Gasteiger partial charge in [-0.15, -0.1) is 13.2 Å². The number of amidine groups is 1. The van der Waals surface area contributed by atoms with E-state index in [-0.39, 0.29) is 34.3 Å². The molecule has 2 atom stereocenters. The highest BCUT2D eigenvalue weighted by Gasteiger charge is 2.49. The van der Waals surface area contributed by atoms with Gasteiger partial charge in [0.2, 0.25) is 0 Å². The molecule has 0 saturated carbocycles. The van der Waals surface area contributed by atoms with Gasteiger partial charge in [0.25, 0.3) is 5.91 Å². The number of thioether (sulfide) groups is 1. The van der Waals surface area contributed by atoms with Crippen molar-refractivity contribution in [1.82, 2.24) is 0 Å². The zero-order chi connectivity index (χ0) is 20.0. The molecule has 0 bridgehead atoms. The first-order valence-electron chi connectivity index (χ1n) is 8.10. The van der Waals surface area contributed by atoms with Crippen molar-refractivity contribution < 1.29 is 31.1 Å². The second-order valence-electron chi connectivity index (χ2n) is 6.60. The predicted octanol–water partition coefficient (Wildman–Crippen LogP) is 2.84. The van der Waals surface area contributed by atoms with E-state index in [4.69, 9.17) is 0 Å². The van der Waals surface area contributed by atoms with Crippen LogP contribution in [0.25, 0.3) is 0 Å². The van der Waals surface area contributed by atoms with Gasteiger partial charge in [0.1, 0.15) is 5.75 Å². The van der Waals surface area contributed by atoms with E-state index in [9.17, 15) is 26.4 Å². The lowest BCUT2D eigenvalue weighted by Gasteiger charge is -2.24. The standard InChI is InChI=1S/C16H17F3N2O4S2/c1-9(2)14(22)20-15-21(12-7-27(23,24)8-13(12)26-15)10-3-5-11(6-4-10)25-16(17,18)19/h3-6,9,12-13H,7-8H2,1-2H3/t12-,13+/m1/s1. The van der Waals surface area contributed by atoms with Gasteiger partial charge in [-0.25, -0.2) is 8.42 Å². The van der Waals surface area contributed by atoms with Gasteiger partial charge in [-0.3, -0.25) is 4.79 Å². The molecule has 0 N–H and O–H groups in total. The molecule has 2 heterocycles. The Labute approximate surface area is 158 Å². The fraction of sp³-hybridized carbons (Fsp3) is 0.500. The summed E-state index contributed by atoms with van der Waals surface area (Å²) in [6, 6.07) is 4.65. The number of hydrogen-bond acceptors (Lipinski definition) is 5. The molecule has 0 aromatic heterocycles. The molecule has 2 saturated heterocycles.